The Hall–Kier alpha value is -4.13. The van der Waals surface area contributed by atoms with E-state index in [4.69, 9.17) is 4.74 Å². The standard InChI is InChI=1S/C28H26N2O5/c31-26(30-16-19-8-2-1-7-18(19)15-25(30)27(32)33)13-14-29-28(34)35-17-24-22-11-5-3-9-20(22)21-10-4-6-12-23(21)24/h1-12,24-25H,13-17H2,(H,29,34)(H,32,33)/t25-/m1/s1. The molecule has 0 radical (unpaired) electrons. The first-order chi connectivity index (χ1) is 17.0. The molecule has 0 saturated carbocycles. The predicted octanol–water partition coefficient (Wildman–Crippen LogP) is 3.95. The van der Waals surface area contributed by atoms with Crippen molar-refractivity contribution in [2.75, 3.05) is 13.2 Å². The third-order valence-corrected chi connectivity index (χ3v) is 6.81. The van der Waals surface area contributed by atoms with Crippen LogP contribution in [-0.2, 0) is 27.3 Å². The first-order valence-corrected chi connectivity index (χ1v) is 11.7. The van der Waals surface area contributed by atoms with Gasteiger partial charge in [-0.15, -0.1) is 0 Å². The van der Waals surface area contributed by atoms with E-state index in [1.807, 2.05) is 48.5 Å². The number of ether oxygens (including phenoxy) is 1. The minimum absolute atomic E-state index is 0.00383. The van der Waals surface area contributed by atoms with Gasteiger partial charge in [-0.25, -0.2) is 9.59 Å². The second-order valence-electron chi connectivity index (χ2n) is 8.85. The number of nitrogens with one attached hydrogen (secondary N) is 1. The van der Waals surface area contributed by atoms with E-state index in [-0.39, 0.29) is 44.4 Å². The van der Waals surface area contributed by atoms with Gasteiger partial charge in [-0.1, -0.05) is 72.8 Å². The number of fused-ring (bicyclic) bond motifs is 4. The van der Waals surface area contributed by atoms with Gasteiger partial charge in [0.25, 0.3) is 0 Å². The number of carboxylic acids is 1. The summed E-state index contributed by atoms with van der Waals surface area (Å²) in [6, 6.07) is 22.8. The number of rotatable bonds is 6. The normalized spacial score (nSPS) is 16.1. The number of nitrogens with zero attached hydrogens (tertiary/aromatic N) is 1. The second kappa shape index (κ2) is 9.62. The van der Waals surface area contributed by atoms with Gasteiger partial charge in [0, 0.05) is 31.8 Å². The fraction of sp³-hybridized carbons (Fsp3) is 0.250. The minimum atomic E-state index is -1.03. The van der Waals surface area contributed by atoms with E-state index < -0.39 is 18.1 Å². The van der Waals surface area contributed by atoms with Gasteiger partial charge in [0.2, 0.25) is 5.91 Å². The number of amides is 2. The Bertz CT molecular complexity index is 1240. The summed E-state index contributed by atoms with van der Waals surface area (Å²) in [5, 5.41) is 12.3. The molecule has 3 aromatic carbocycles. The molecule has 0 aromatic heterocycles. The van der Waals surface area contributed by atoms with Crippen molar-refractivity contribution in [1.29, 1.82) is 0 Å². The van der Waals surface area contributed by atoms with Gasteiger partial charge < -0.3 is 20.1 Å². The van der Waals surface area contributed by atoms with Crippen LogP contribution in [0, 0.1) is 0 Å². The van der Waals surface area contributed by atoms with Crippen LogP contribution in [0.15, 0.2) is 72.8 Å². The van der Waals surface area contributed by atoms with E-state index in [0.717, 1.165) is 33.4 Å². The maximum atomic E-state index is 12.8. The summed E-state index contributed by atoms with van der Waals surface area (Å²) in [6.07, 6.45) is -0.328. The lowest BCUT2D eigenvalue weighted by atomic mass is 9.93. The third kappa shape index (κ3) is 4.49. The van der Waals surface area contributed by atoms with Gasteiger partial charge in [0.05, 0.1) is 0 Å². The zero-order valence-corrected chi connectivity index (χ0v) is 19.1. The molecule has 178 valence electrons. The molecule has 3 aromatic rings. The molecular formula is C28H26N2O5. The predicted molar refractivity (Wildman–Crippen MR) is 130 cm³/mol. The van der Waals surface area contributed by atoms with Crippen LogP contribution in [0.4, 0.5) is 4.79 Å². The van der Waals surface area contributed by atoms with Gasteiger partial charge in [0.1, 0.15) is 12.6 Å². The third-order valence-electron chi connectivity index (χ3n) is 6.81. The number of carbonyl (C=O) groups is 3. The van der Waals surface area contributed by atoms with Crippen LogP contribution < -0.4 is 5.32 Å². The monoisotopic (exact) mass is 470 g/mol. The smallest absolute Gasteiger partial charge is 0.407 e. The summed E-state index contributed by atoms with van der Waals surface area (Å²) in [5.74, 6) is -1.39. The van der Waals surface area contributed by atoms with E-state index in [9.17, 15) is 19.5 Å². The largest absolute Gasteiger partial charge is 0.480 e. The molecule has 0 bridgehead atoms. The highest BCUT2D eigenvalue weighted by molar-refractivity contribution is 5.85. The van der Waals surface area contributed by atoms with E-state index in [1.165, 1.54) is 4.90 Å². The van der Waals surface area contributed by atoms with Gasteiger partial charge in [-0.3, -0.25) is 4.79 Å². The molecule has 0 unspecified atom stereocenters. The molecule has 2 amide bonds. The molecule has 2 N–H and O–H groups in total. The second-order valence-corrected chi connectivity index (χ2v) is 8.85. The molecule has 1 heterocycles. The summed E-state index contributed by atoms with van der Waals surface area (Å²) in [6.45, 7) is 0.509. The Morgan fingerprint density at radius 1 is 0.886 bits per heavy atom. The molecule has 7 nitrogen and oxygen atoms in total. The topological polar surface area (TPSA) is 95.9 Å². The van der Waals surface area contributed by atoms with Crippen LogP contribution in [0.25, 0.3) is 11.1 Å². The molecule has 1 atom stereocenters. The first kappa shape index (κ1) is 22.7. The van der Waals surface area contributed by atoms with Gasteiger partial charge in [-0.2, -0.15) is 0 Å². The Labute approximate surface area is 203 Å². The van der Waals surface area contributed by atoms with Crippen molar-refractivity contribution in [1.82, 2.24) is 10.2 Å². The Morgan fingerprint density at radius 2 is 1.49 bits per heavy atom. The molecule has 1 aliphatic heterocycles. The Kier molecular flexibility index (Phi) is 6.23. The van der Waals surface area contributed by atoms with Crippen molar-refractivity contribution in [2.24, 2.45) is 0 Å². The highest BCUT2D eigenvalue weighted by atomic mass is 16.5. The fourth-order valence-corrected chi connectivity index (χ4v) is 5.07. The maximum Gasteiger partial charge on any atom is 0.407 e. The van der Waals surface area contributed by atoms with Crippen LogP contribution in [0.3, 0.4) is 0 Å². The van der Waals surface area contributed by atoms with E-state index in [2.05, 4.69) is 29.6 Å². The molecule has 0 spiro atoms. The molecule has 7 heteroatoms. The highest BCUT2D eigenvalue weighted by Crippen LogP contribution is 2.44. The van der Waals surface area contributed by atoms with Crippen LogP contribution in [-0.4, -0.2) is 47.2 Å². The lowest BCUT2D eigenvalue weighted by molar-refractivity contribution is -0.151. The summed E-state index contributed by atoms with van der Waals surface area (Å²) >= 11 is 0. The maximum absolute atomic E-state index is 12.8. The number of hydrogen-bond donors (Lipinski definition) is 2. The quantitative estimate of drug-likeness (QED) is 0.569. The first-order valence-electron chi connectivity index (χ1n) is 11.7. The van der Waals surface area contributed by atoms with Crippen LogP contribution >= 0.6 is 0 Å². The number of aliphatic carboxylic acids is 1. The van der Waals surface area contributed by atoms with Gasteiger partial charge in [-0.05, 0) is 33.4 Å². The van der Waals surface area contributed by atoms with E-state index >= 15 is 0 Å². The highest BCUT2D eigenvalue weighted by Gasteiger charge is 2.34. The van der Waals surface area contributed by atoms with Crippen molar-refractivity contribution in [3.63, 3.8) is 0 Å². The van der Waals surface area contributed by atoms with Gasteiger partial charge in [0.15, 0.2) is 0 Å². The summed E-state index contributed by atoms with van der Waals surface area (Å²) < 4.78 is 5.50. The zero-order valence-electron chi connectivity index (χ0n) is 19.1. The van der Waals surface area contributed by atoms with Crippen molar-refractivity contribution < 1.29 is 24.2 Å². The van der Waals surface area contributed by atoms with E-state index in [0.29, 0.717) is 0 Å². The van der Waals surface area contributed by atoms with Crippen molar-refractivity contribution in [2.45, 2.75) is 31.3 Å². The van der Waals surface area contributed by atoms with Crippen LogP contribution in [0.2, 0.25) is 0 Å². The number of carbonyl (C=O) groups excluding carboxylic acids is 2. The van der Waals surface area contributed by atoms with Crippen molar-refractivity contribution in [3.8, 4) is 11.1 Å². The SMILES string of the molecule is O=C(NCCC(=O)N1Cc2ccccc2C[C@@H]1C(=O)O)OCC1c2ccccc2-c2ccccc21. The summed E-state index contributed by atoms with van der Waals surface area (Å²) in [4.78, 5) is 38.3. The molecule has 0 fully saturated rings. The minimum Gasteiger partial charge on any atom is -0.480 e. The molecular weight excluding hydrogens is 444 g/mol. The summed E-state index contributed by atoms with van der Waals surface area (Å²) in [7, 11) is 0. The van der Waals surface area contributed by atoms with Crippen LogP contribution in [0.1, 0.15) is 34.6 Å². The average Bonchev–Trinajstić information content (AvgIpc) is 3.20. The molecule has 0 saturated heterocycles. The molecule has 35 heavy (non-hydrogen) atoms. The molecule has 1 aliphatic carbocycles. The fourth-order valence-electron chi connectivity index (χ4n) is 5.07. The summed E-state index contributed by atoms with van der Waals surface area (Å²) in [5.41, 5.74) is 6.45. The lowest BCUT2D eigenvalue weighted by Gasteiger charge is -2.34. The average molecular weight is 471 g/mol. The Balaban J connectivity index is 1.15. The Morgan fingerprint density at radius 3 is 2.14 bits per heavy atom. The zero-order chi connectivity index (χ0) is 24.4. The molecule has 5 rings (SSSR count). The van der Waals surface area contributed by atoms with Gasteiger partial charge >= 0.3 is 12.1 Å². The number of carboxylic acid groups (broad SMARTS) is 1. The number of benzene rings is 3. The molecule has 2 aliphatic rings. The lowest BCUT2D eigenvalue weighted by Crippen LogP contribution is -2.49. The van der Waals surface area contributed by atoms with Crippen molar-refractivity contribution >= 4 is 18.0 Å². The van der Waals surface area contributed by atoms with E-state index in [1.54, 1.807) is 0 Å². The van der Waals surface area contributed by atoms with Crippen molar-refractivity contribution in [3.05, 3.63) is 95.1 Å². The van der Waals surface area contributed by atoms with Crippen LogP contribution in [0.5, 0.6) is 0 Å². The number of hydrogen-bond acceptors (Lipinski definition) is 4. The number of alkyl carbamates (subject to hydrolysis) is 1.